The maximum absolute atomic E-state index is 14.4. The lowest BCUT2D eigenvalue weighted by Gasteiger charge is -2.20. The average molecular weight is 499 g/mol. The normalized spacial score (nSPS) is 11.4. The molecule has 0 aromatic heterocycles. The first-order chi connectivity index (χ1) is 16.4. The van der Waals surface area contributed by atoms with Crippen molar-refractivity contribution in [3.63, 3.8) is 0 Å². The van der Waals surface area contributed by atoms with Gasteiger partial charge in [-0.2, -0.15) is 0 Å². The van der Waals surface area contributed by atoms with Crippen molar-refractivity contribution < 1.29 is 23.7 Å². The van der Waals surface area contributed by atoms with Gasteiger partial charge >= 0.3 is 5.97 Å². The minimum Gasteiger partial charge on any atom is -0.465 e. The number of esters is 1. The largest absolute Gasteiger partial charge is 0.465 e. The summed E-state index contributed by atoms with van der Waals surface area (Å²) in [5, 5.41) is 0. The molecule has 2 rings (SSSR count). The Bertz CT molecular complexity index is 1040. The minimum atomic E-state index is -4.36. The Morgan fingerprint density at radius 3 is 1.49 bits per heavy atom. The zero-order valence-corrected chi connectivity index (χ0v) is 23.1. The van der Waals surface area contributed by atoms with Crippen LogP contribution in [0.5, 0.6) is 0 Å². The van der Waals surface area contributed by atoms with Crippen LogP contribution in [-0.2, 0) is 14.1 Å². The van der Waals surface area contributed by atoms with Gasteiger partial charge in [-0.15, -0.1) is 0 Å². The summed E-state index contributed by atoms with van der Waals surface area (Å²) in [7, 11) is -4.36. The number of hydrogen-bond acceptors (Lipinski definition) is 5. The quantitative estimate of drug-likeness (QED) is 0.173. The lowest BCUT2D eigenvalue weighted by Crippen LogP contribution is -2.22. The van der Waals surface area contributed by atoms with Gasteiger partial charge in [0.15, 0.2) is 0 Å². The number of carbonyl (C=O) groups excluding carboxylic acids is 3. The highest BCUT2D eigenvalue weighted by atomic mass is 31.2. The van der Waals surface area contributed by atoms with Crippen LogP contribution in [0.25, 0.3) is 0 Å². The van der Waals surface area contributed by atoms with Gasteiger partial charge in [0.05, 0.1) is 6.61 Å². The highest BCUT2D eigenvalue weighted by molar-refractivity contribution is 7.96. The molecule has 2 aromatic rings. The molecule has 35 heavy (non-hydrogen) atoms. The summed E-state index contributed by atoms with van der Waals surface area (Å²) in [5.74, 6) is -0.768. The molecule has 0 heterocycles. The van der Waals surface area contributed by atoms with Crippen LogP contribution in [0, 0.1) is 41.5 Å². The highest BCUT2D eigenvalue weighted by Gasteiger charge is 2.45. The number of carbonyl (C=O) groups is 3. The van der Waals surface area contributed by atoms with E-state index in [4.69, 9.17) is 4.74 Å². The van der Waals surface area contributed by atoms with Crippen LogP contribution in [0.2, 0.25) is 0 Å². The molecule has 0 spiro atoms. The van der Waals surface area contributed by atoms with Crippen LogP contribution in [0.15, 0.2) is 24.3 Å². The number of ether oxygens (including phenoxy) is 1. The Morgan fingerprint density at radius 1 is 0.686 bits per heavy atom. The van der Waals surface area contributed by atoms with E-state index in [0.717, 1.165) is 36.8 Å². The first-order valence-corrected chi connectivity index (χ1v) is 14.3. The second-order valence-electron chi connectivity index (χ2n) is 9.69. The fraction of sp³-hybridized carbons (Fsp3) is 0.483. The second kappa shape index (κ2) is 12.4. The van der Waals surface area contributed by atoms with Crippen LogP contribution >= 0.6 is 7.14 Å². The van der Waals surface area contributed by atoms with E-state index in [1.165, 1.54) is 0 Å². The number of hydrogen-bond donors (Lipinski definition) is 0. The Kier molecular flexibility index (Phi) is 10.2. The van der Waals surface area contributed by atoms with Crippen LogP contribution in [0.3, 0.4) is 0 Å². The maximum atomic E-state index is 14.4. The molecule has 0 saturated carbocycles. The van der Waals surface area contributed by atoms with E-state index < -0.39 is 30.3 Å². The van der Waals surface area contributed by atoms with Gasteiger partial charge in [-0.3, -0.25) is 14.4 Å². The molecule has 0 atom stereocenters. The Hall–Kier alpha value is -2.52. The number of aryl methyl sites for hydroxylation is 6. The van der Waals surface area contributed by atoms with Gasteiger partial charge in [0.25, 0.3) is 0 Å². The number of unbranched alkanes of at least 4 members (excludes halogenated alkanes) is 4. The van der Waals surface area contributed by atoms with Crippen molar-refractivity contribution in [1.82, 2.24) is 0 Å². The summed E-state index contributed by atoms with van der Waals surface area (Å²) < 4.78 is 19.7. The molecule has 0 aliphatic rings. The molecule has 0 unspecified atom stereocenters. The summed E-state index contributed by atoms with van der Waals surface area (Å²) in [6.07, 6.45) is 4.20. The zero-order chi connectivity index (χ0) is 26.3. The van der Waals surface area contributed by atoms with E-state index in [1.54, 1.807) is 27.7 Å². The van der Waals surface area contributed by atoms with Crippen molar-refractivity contribution in [2.75, 3.05) is 12.8 Å². The molecule has 0 aliphatic heterocycles. The smallest absolute Gasteiger partial charge is 0.314 e. The zero-order valence-electron chi connectivity index (χ0n) is 22.2. The fourth-order valence-electron chi connectivity index (χ4n) is 4.75. The lowest BCUT2D eigenvalue weighted by atomic mass is 10.0. The molecular weight excluding hydrogens is 459 g/mol. The summed E-state index contributed by atoms with van der Waals surface area (Å²) in [6, 6.07) is 7.30. The van der Waals surface area contributed by atoms with E-state index in [2.05, 4.69) is 6.92 Å². The minimum absolute atomic E-state index is 0.191. The topological polar surface area (TPSA) is 77.5 Å². The molecule has 0 saturated heterocycles. The number of benzene rings is 2. The molecular formula is C29H39O5P. The van der Waals surface area contributed by atoms with Gasteiger partial charge in [0, 0.05) is 11.1 Å². The first kappa shape index (κ1) is 28.7. The summed E-state index contributed by atoms with van der Waals surface area (Å²) in [4.78, 5) is 40.4. The van der Waals surface area contributed by atoms with E-state index in [0.29, 0.717) is 28.7 Å². The molecule has 2 aromatic carbocycles. The first-order valence-electron chi connectivity index (χ1n) is 12.4. The third kappa shape index (κ3) is 7.01. The standard InChI is InChI=1S/C29H39O5P/c1-8-9-10-11-12-13-34-25(30)18-35(33,28(31)26-21(4)14-19(2)15-22(26)5)29(32)27-23(6)16-20(3)17-24(27)7/h14-17H,8-13,18H2,1-7H3. The molecule has 5 nitrogen and oxygen atoms in total. The van der Waals surface area contributed by atoms with Gasteiger partial charge < -0.3 is 9.30 Å². The molecule has 0 fully saturated rings. The molecule has 0 amide bonds. The lowest BCUT2D eigenvalue weighted by molar-refractivity contribution is -0.140. The van der Waals surface area contributed by atoms with E-state index >= 15 is 0 Å². The summed E-state index contributed by atoms with van der Waals surface area (Å²) in [6.45, 7) is 13.2. The van der Waals surface area contributed by atoms with E-state index in [-0.39, 0.29) is 17.7 Å². The van der Waals surface area contributed by atoms with Crippen molar-refractivity contribution in [1.29, 1.82) is 0 Å². The van der Waals surface area contributed by atoms with Crippen molar-refractivity contribution >= 4 is 24.2 Å². The molecule has 0 aliphatic carbocycles. The predicted molar refractivity (Wildman–Crippen MR) is 142 cm³/mol. The van der Waals surface area contributed by atoms with Crippen LogP contribution in [0.1, 0.15) is 93.1 Å². The average Bonchev–Trinajstić information content (AvgIpc) is 2.74. The molecule has 0 radical (unpaired) electrons. The van der Waals surface area contributed by atoms with Crippen molar-refractivity contribution in [3.8, 4) is 0 Å². The molecule has 6 heteroatoms. The van der Waals surface area contributed by atoms with Crippen molar-refractivity contribution in [3.05, 3.63) is 68.8 Å². The van der Waals surface area contributed by atoms with Crippen molar-refractivity contribution in [2.24, 2.45) is 0 Å². The molecule has 0 bridgehead atoms. The predicted octanol–water partition coefficient (Wildman–Crippen LogP) is 7.39. The van der Waals surface area contributed by atoms with Gasteiger partial charge in [0.2, 0.25) is 18.2 Å². The number of rotatable bonds is 12. The van der Waals surface area contributed by atoms with Gasteiger partial charge in [-0.1, -0.05) is 68.0 Å². The fourth-order valence-corrected chi connectivity index (χ4v) is 7.11. The summed E-state index contributed by atoms with van der Waals surface area (Å²) >= 11 is 0. The van der Waals surface area contributed by atoms with Crippen molar-refractivity contribution in [2.45, 2.75) is 80.6 Å². The maximum Gasteiger partial charge on any atom is 0.314 e. The van der Waals surface area contributed by atoms with Gasteiger partial charge in [-0.25, -0.2) is 0 Å². The second-order valence-corrected chi connectivity index (χ2v) is 12.3. The van der Waals surface area contributed by atoms with E-state index in [1.807, 2.05) is 38.1 Å². The Labute approximate surface area is 210 Å². The third-order valence-corrected chi connectivity index (χ3v) is 8.76. The third-order valence-electron chi connectivity index (χ3n) is 6.30. The Morgan fingerprint density at radius 2 is 1.09 bits per heavy atom. The monoisotopic (exact) mass is 498 g/mol. The summed E-state index contributed by atoms with van der Waals surface area (Å²) in [5.41, 5.74) is 3.46. The Balaban J connectivity index is 2.45. The van der Waals surface area contributed by atoms with Crippen LogP contribution in [0.4, 0.5) is 0 Å². The van der Waals surface area contributed by atoms with Crippen LogP contribution < -0.4 is 0 Å². The highest BCUT2D eigenvalue weighted by Crippen LogP contribution is 2.53. The van der Waals surface area contributed by atoms with Crippen LogP contribution in [-0.4, -0.2) is 29.8 Å². The molecule has 190 valence electrons. The SMILES string of the molecule is CCCCCCCOC(=O)CP(=O)(C(=O)c1c(C)cc(C)cc1C)C(=O)c1c(C)cc(C)cc1C. The van der Waals surface area contributed by atoms with Gasteiger partial charge in [0.1, 0.15) is 6.16 Å². The molecule has 0 N–H and O–H groups in total. The van der Waals surface area contributed by atoms with E-state index in [9.17, 15) is 18.9 Å². The van der Waals surface area contributed by atoms with Gasteiger partial charge in [-0.05, 0) is 70.2 Å².